The number of pyridine rings is 1. The van der Waals surface area contributed by atoms with Crippen molar-refractivity contribution in [3.8, 4) is 5.88 Å². The first kappa shape index (κ1) is 15.0. The number of aromatic nitrogens is 1. The summed E-state index contributed by atoms with van der Waals surface area (Å²) in [5, 5.41) is 3.31. The molecule has 1 aromatic rings. The Kier molecular flexibility index (Phi) is 5.59. The number of anilines is 2. The van der Waals surface area contributed by atoms with Gasteiger partial charge in [0, 0.05) is 11.3 Å². The summed E-state index contributed by atoms with van der Waals surface area (Å²) in [7, 11) is 0. The zero-order valence-electron chi connectivity index (χ0n) is 11.6. The highest BCUT2D eigenvalue weighted by Gasteiger charge is 2.15. The van der Waals surface area contributed by atoms with Crippen molar-refractivity contribution in [3.05, 3.63) is 12.1 Å². The number of ether oxygens (including phenoxy) is 1. The van der Waals surface area contributed by atoms with Crippen molar-refractivity contribution in [2.75, 3.05) is 30.5 Å². The standard InChI is InChI=1S/C13H23N3OS/c1-5-8-17-12-10(14)6-7-11(16-12)15-9-13(2,3)18-4/h6-7H,5,8-9,14H2,1-4H3,(H,15,16). The number of nitrogens with zero attached hydrogens (tertiary/aromatic N) is 1. The summed E-state index contributed by atoms with van der Waals surface area (Å²) in [6.45, 7) is 7.92. The van der Waals surface area contributed by atoms with Gasteiger partial charge in [0.2, 0.25) is 5.88 Å². The van der Waals surface area contributed by atoms with Crippen molar-refractivity contribution in [2.24, 2.45) is 0 Å². The van der Waals surface area contributed by atoms with E-state index in [1.807, 2.05) is 23.9 Å². The third-order valence-electron chi connectivity index (χ3n) is 2.58. The van der Waals surface area contributed by atoms with Crippen LogP contribution in [0, 0.1) is 0 Å². The molecule has 0 aromatic carbocycles. The van der Waals surface area contributed by atoms with Gasteiger partial charge in [-0.05, 0) is 38.7 Å². The molecule has 0 radical (unpaired) electrons. The predicted molar refractivity (Wildman–Crippen MR) is 80.5 cm³/mol. The topological polar surface area (TPSA) is 60.2 Å². The van der Waals surface area contributed by atoms with Crippen LogP contribution >= 0.6 is 11.8 Å². The third kappa shape index (κ3) is 4.64. The molecule has 18 heavy (non-hydrogen) atoms. The average Bonchev–Trinajstić information content (AvgIpc) is 2.36. The van der Waals surface area contributed by atoms with Crippen LogP contribution in [-0.4, -0.2) is 29.1 Å². The molecule has 0 aliphatic heterocycles. The predicted octanol–water partition coefficient (Wildman–Crippen LogP) is 3.01. The van der Waals surface area contributed by atoms with E-state index in [-0.39, 0.29) is 4.75 Å². The number of hydrogen-bond donors (Lipinski definition) is 2. The lowest BCUT2D eigenvalue weighted by molar-refractivity contribution is 0.307. The minimum absolute atomic E-state index is 0.174. The van der Waals surface area contributed by atoms with Crippen LogP contribution in [0.15, 0.2) is 12.1 Å². The smallest absolute Gasteiger partial charge is 0.239 e. The number of nitrogens with two attached hydrogens (primary N) is 1. The van der Waals surface area contributed by atoms with Crippen LogP contribution in [0.5, 0.6) is 5.88 Å². The van der Waals surface area contributed by atoms with Gasteiger partial charge in [-0.1, -0.05) is 6.92 Å². The summed E-state index contributed by atoms with van der Waals surface area (Å²) in [6, 6.07) is 3.71. The van der Waals surface area contributed by atoms with Gasteiger partial charge >= 0.3 is 0 Å². The molecule has 102 valence electrons. The fourth-order valence-corrected chi connectivity index (χ4v) is 1.46. The van der Waals surface area contributed by atoms with E-state index in [9.17, 15) is 0 Å². The SMILES string of the molecule is CCCOc1nc(NCC(C)(C)SC)ccc1N. The van der Waals surface area contributed by atoms with Gasteiger partial charge in [0.1, 0.15) is 5.82 Å². The van der Waals surface area contributed by atoms with Crippen LogP contribution in [0.2, 0.25) is 0 Å². The molecule has 0 amide bonds. The lowest BCUT2D eigenvalue weighted by Crippen LogP contribution is -2.26. The highest BCUT2D eigenvalue weighted by atomic mass is 32.2. The quantitative estimate of drug-likeness (QED) is 0.797. The Labute approximate surface area is 114 Å². The normalized spacial score (nSPS) is 11.3. The summed E-state index contributed by atoms with van der Waals surface area (Å²) < 4.78 is 5.68. The van der Waals surface area contributed by atoms with E-state index in [2.05, 4.69) is 37.3 Å². The molecule has 0 unspecified atom stereocenters. The minimum Gasteiger partial charge on any atom is -0.476 e. The Bertz CT molecular complexity index is 382. The van der Waals surface area contributed by atoms with Crippen molar-refractivity contribution in [2.45, 2.75) is 31.9 Å². The van der Waals surface area contributed by atoms with Crippen LogP contribution < -0.4 is 15.8 Å². The van der Waals surface area contributed by atoms with Crippen LogP contribution in [0.25, 0.3) is 0 Å². The van der Waals surface area contributed by atoms with Crippen molar-refractivity contribution >= 4 is 23.3 Å². The summed E-state index contributed by atoms with van der Waals surface area (Å²) >= 11 is 1.82. The first-order valence-electron chi connectivity index (χ1n) is 6.17. The van der Waals surface area contributed by atoms with Crippen molar-refractivity contribution in [3.63, 3.8) is 0 Å². The van der Waals surface area contributed by atoms with Crippen LogP contribution in [0.3, 0.4) is 0 Å². The van der Waals surface area contributed by atoms with E-state index >= 15 is 0 Å². The second kappa shape index (κ2) is 6.73. The molecule has 0 fully saturated rings. The zero-order valence-corrected chi connectivity index (χ0v) is 12.4. The molecule has 1 heterocycles. The Balaban J connectivity index is 2.67. The molecule has 0 aliphatic rings. The van der Waals surface area contributed by atoms with Gasteiger partial charge in [-0.15, -0.1) is 0 Å². The van der Waals surface area contributed by atoms with E-state index in [1.165, 1.54) is 0 Å². The molecule has 1 aromatic heterocycles. The highest BCUT2D eigenvalue weighted by Crippen LogP contribution is 2.24. The van der Waals surface area contributed by atoms with Gasteiger partial charge in [-0.25, -0.2) is 0 Å². The molecule has 0 saturated heterocycles. The third-order valence-corrected chi connectivity index (χ3v) is 3.83. The maximum atomic E-state index is 5.82. The Morgan fingerprint density at radius 3 is 2.78 bits per heavy atom. The van der Waals surface area contributed by atoms with Crippen LogP contribution in [-0.2, 0) is 0 Å². The van der Waals surface area contributed by atoms with Crippen molar-refractivity contribution < 1.29 is 4.74 Å². The lowest BCUT2D eigenvalue weighted by Gasteiger charge is -2.22. The largest absolute Gasteiger partial charge is 0.476 e. The van der Waals surface area contributed by atoms with Crippen LogP contribution in [0.4, 0.5) is 11.5 Å². The summed E-state index contributed by atoms with van der Waals surface area (Å²) in [6.07, 6.45) is 3.05. The van der Waals surface area contributed by atoms with Crippen molar-refractivity contribution in [1.82, 2.24) is 4.98 Å². The van der Waals surface area contributed by atoms with Gasteiger partial charge in [0.05, 0.1) is 12.3 Å². The number of rotatable bonds is 7. The molecule has 1 rings (SSSR count). The zero-order chi connectivity index (χ0) is 13.6. The number of nitrogen functional groups attached to an aromatic ring is 1. The fraction of sp³-hybridized carbons (Fsp3) is 0.615. The minimum atomic E-state index is 0.174. The summed E-state index contributed by atoms with van der Waals surface area (Å²) in [5.41, 5.74) is 6.40. The molecule has 4 nitrogen and oxygen atoms in total. The second-order valence-corrected chi connectivity index (χ2v) is 6.27. The molecular formula is C13H23N3OS. The van der Waals surface area contributed by atoms with Gasteiger partial charge in [-0.2, -0.15) is 16.7 Å². The second-order valence-electron chi connectivity index (χ2n) is 4.76. The van der Waals surface area contributed by atoms with E-state index in [0.717, 1.165) is 18.8 Å². The van der Waals surface area contributed by atoms with Gasteiger partial charge in [0.25, 0.3) is 0 Å². The van der Waals surface area contributed by atoms with E-state index in [0.29, 0.717) is 18.2 Å². The van der Waals surface area contributed by atoms with Crippen LogP contribution in [0.1, 0.15) is 27.2 Å². The molecule has 0 saturated carbocycles. The highest BCUT2D eigenvalue weighted by molar-refractivity contribution is 7.99. The Hall–Kier alpha value is -1.10. The molecule has 0 spiro atoms. The monoisotopic (exact) mass is 269 g/mol. The molecule has 5 heteroatoms. The summed E-state index contributed by atoms with van der Waals surface area (Å²) in [5.74, 6) is 1.32. The van der Waals surface area contributed by atoms with Gasteiger partial charge in [-0.3, -0.25) is 0 Å². The lowest BCUT2D eigenvalue weighted by atomic mass is 10.2. The number of hydrogen-bond acceptors (Lipinski definition) is 5. The fourth-order valence-electron chi connectivity index (χ4n) is 1.24. The summed E-state index contributed by atoms with van der Waals surface area (Å²) in [4.78, 5) is 4.38. The van der Waals surface area contributed by atoms with E-state index in [4.69, 9.17) is 10.5 Å². The van der Waals surface area contributed by atoms with E-state index in [1.54, 1.807) is 0 Å². The maximum absolute atomic E-state index is 5.82. The molecule has 0 aliphatic carbocycles. The number of nitrogens with one attached hydrogen (secondary N) is 1. The molecule has 3 N–H and O–H groups in total. The first-order valence-corrected chi connectivity index (χ1v) is 7.39. The Morgan fingerprint density at radius 1 is 1.44 bits per heavy atom. The van der Waals surface area contributed by atoms with Gasteiger partial charge < -0.3 is 15.8 Å². The molecular weight excluding hydrogens is 246 g/mol. The maximum Gasteiger partial charge on any atom is 0.239 e. The molecule has 0 bridgehead atoms. The van der Waals surface area contributed by atoms with Crippen molar-refractivity contribution in [1.29, 1.82) is 0 Å². The van der Waals surface area contributed by atoms with Gasteiger partial charge in [0.15, 0.2) is 0 Å². The van der Waals surface area contributed by atoms with E-state index < -0.39 is 0 Å². The molecule has 0 atom stereocenters. The first-order chi connectivity index (χ1) is 8.48. The number of thioether (sulfide) groups is 1. The average molecular weight is 269 g/mol. The Morgan fingerprint density at radius 2 is 2.17 bits per heavy atom.